The summed E-state index contributed by atoms with van der Waals surface area (Å²) < 4.78 is 0. The van der Waals surface area contributed by atoms with E-state index in [4.69, 9.17) is 0 Å². The monoisotopic (exact) mass is 282 g/mol. The number of pyridine rings is 1. The van der Waals surface area contributed by atoms with Gasteiger partial charge in [-0.25, -0.2) is 0 Å². The molecule has 1 aromatic heterocycles. The van der Waals surface area contributed by atoms with Crippen molar-refractivity contribution < 1.29 is 20.1 Å². The van der Waals surface area contributed by atoms with E-state index >= 15 is 0 Å². The van der Waals surface area contributed by atoms with Gasteiger partial charge in [0, 0.05) is 23.9 Å². The highest BCUT2D eigenvalue weighted by Gasteiger charge is 2.23. The van der Waals surface area contributed by atoms with Gasteiger partial charge in [-0.2, -0.15) is 0 Å². The second-order valence-corrected chi connectivity index (χ2v) is 4.94. The molecule has 1 heterocycles. The Kier molecular flexibility index (Phi) is 5.91. The number of carbonyl (C=O) groups is 1. The molecule has 0 radical (unpaired) electrons. The van der Waals surface area contributed by atoms with Crippen molar-refractivity contribution in [1.29, 1.82) is 0 Å². The van der Waals surface area contributed by atoms with E-state index in [1.54, 1.807) is 6.92 Å². The number of aliphatic hydroxyl groups is 1. The number of aromatic hydroxyl groups is 1. The molecule has 0 bridgehead atoms. The Bertz CT molecular complexity index is 476. The summed E-state index contributed by atoms with van der Waals surface area (Å²) in [6.07, 6.45) is 2.23. The first kappa shape index (κ1) is 16.4. The topological polar surface area (TPSA) is 103 Å². The van der Waals surface area contributed by atoms with Gasteiger partial charge in [-0.3, -0.25) is 15.1 Å². The molecule has 0 aromatic carbocycles. The van der Waals surface area contributed by atoms with Crippen molar-refractivity contribution in [3.8, 4) is 5.75 Å². The number of carboxylic acid groups (broad SMARTS) is 1. The highest BCUT2D eigenvalue weighted by atomic mass is 16.4. The van der Waals surface area contributed by atoms with Crippen LogP contribution in [0.25, 0.3) is 0 Å². The molecule has 6 nitrogen and oxygen atoms in total. The molecule has 6 heteroatoms. The van der Waals surface area contributed by atoms with E-state index in [-0.39, 0.29) is 24.8 Å². The van der Waals surface area contributed by atoms with E-state index < -0.39 is 12.0 Å². The van der Waals surface area contributed by atoms with E-state index in [0.717, 1.165) is 6.42 Å². The standard InChI is InChI=1S/C14H22N2O4/c1-4-8(2)12(14(19)20)16-6-11-10(7-17)5-15-9(3)13(11)18/h5,8,12,16-18H,4,6-7H2,1-3H3,(H,19,20)/t8-,12-/m0/s1. The maximum atomic E-state index is 11.2. The quantitative estimate of drug-likeness (QED) is 0.599. The zero-order valence-corrected chi connectivity index (χ0v) is 12.1. The normalized spacial score (nSPS) is 14.0. The lowest BCUT2D eigenvalue weighted by molar-refractivity contribution is -0.140. The summed E-state index contributed by atoms with van der Waals surface area (Å²) in [6, 6.07) is -0.695. The molecule has 0 saturated carbocycles. The van der Waals surface area contributed by atoms with Crippen LogP contribution in [-0.4, -0.2) is 32.3 Å². The number of aliphatic carboxylic acids is 1. The first-order chi connectivity index (χ1) is 9.42. The number of aryl methyl sites for hydroxylation is 1. The second-order valence-electron chi connectivity index (χ2n) is 4.94. The number of aromatic nitrogens is 1. The fourth-order valence-corrected chi connectivity index (χ4v) is 2.00. The van der Waals surface area contributed by atoms with Crippen LogP contribution in [0, 0.1) is 12.8 Å². The summed E-state index contributed by atoms with van der Waals surface area (Å²) in [5, 5.41) is 31.4. The molecule has 112 valence electrons. The summed E-state index contributed by atoms with van der Waals surface area (Å²) in [5.74, 6) is -0.956. The number of aliphatic hydroxyl groups excluding tert-OH is 1. The fraction of sp³-hybridized carbons (Fsp3) is 0.571. The lowest BCUT2D eigenvalue weighted by Crippen LogP contribution is -2.41. The molecule has 0 unspecified atom stereocenters. The number of nitrogens with one attached hydrogen (secondary N) is 1. The van der Waals surface area contributed by atoms with Gasteiger partial charge in [-0.05, 0) is 12.8 Å². The number of hydrogen-bond acceptors (Lipinski definition) is 5. The number of nitrogens with zero attached hydrogens (tertiary/aromatic N) is 1. The molecule has 0 aliphatic heterocycles. The SMILES string of the molecule is CC[C@H](C)[C@H](NCc1c(CO)cnc(C)c1O)C(=O)O. The van der Waals surface area contributed by atoms with Crippen LogP contribution in [0.3, 0.4) is 0 Å². The van der Waals surface area contributed by atoms with Gasteiger partial charge in [0.25, 0.3) is 0 Å². The first-order valence-corrected chi connectivity index (χ1v) is 6.65. The van der Waals surface area contributed by atoms with Crippen molar-refractivity contribution in [2.24, 2.45) is 5.92 Å². The van der Waals surface area contributed by atoms with Gasteiger partial charge < -0.3 is 15.3 Å². The summed E-state index contributed by atoms with van der Waals surface area (Å²) in [7, 11) is 0. The van der Waals surface area contributed by atoms with Crippen molar-refractivity contribution in [1.82, 2.24) is 10.3 Å². The molecule has 4 N–H and O–H groups in total. The molecular formula is C14H22N2O4. The third-order valence-corrected chi connectivity index (χ3v) is 3.58. The fourth-order valence-electron chi connectivity index (χ4n) is 2.00. The summed E-state index contributed by atoms with van der Waals surface area (Å²) in [4.78, 5) is 15.2. The first-order valence-electron chi connectivity index (χ1n) is 6.65. The lowest BCUT2D eigenvalue weighted by atomic mass is 9.98. The molecule has 20 heavy (non-hydrogen) atoms. The number of carboxylic acids is 1. The predicted octanol–water partition coefficient (Wildman–Crippen LogP) is 1.18. The number of hydrogen-bond donors (Lipinski definition) is 4. The van der Waals surface area contributed by atoms with Crippen LogP contribution < -0.4 is 5.32 Å². The van der Waals surface area contributed by atoms with Gasteiger partial charge in [-0.15, -0.1) is 0 Å². The third-order valence-electron chi connectivity index (χ3n) is 3.58. The molecule has 0 amide bonds. The number of rotatable bonds is 7. The molecule has 0 fully saturated rings. The Labute approximate surface area is 118 Å². The zero-order valence-electron chi connectivity index (χ0n) is 12.1. The maximum absolute atomic E-state index is 11.2. The minimum atomic E-state index is -0.921. The van der Waals surface area contributed by atoms with Crippen LogP contribution >= 0.6 is 0 Å². The van der Waals surface area contributed by atoms with Gasteiger partial charge in [0.05, 0.1) is 12.3 Å². The molecule has 0 aliphatic carbocycles. The highest BCUT2D eigenvalue weighted by molar-refractivity contribution is 5.73. The average molecular weight is 282 g/mol. The van der Waals surface area contributed by atoms with E-state index in [9.17, 15) is 20.1 Å². The summed E-state index contributed by atoms with van der Waals surface area (Å²) in [6.45, 7) is 5.36. The highest BCUT2D eigenvalue weighted by Crippen LogP contribution is 2.24. The van der Waals surface area contributed by atoms with Gasteiger partial charge in [0.1, 0.15) is 11.8 Å². The largest absolute Gasteiger partial charge is 0.506 e. The van der Waals surface area contributed by atoms with Crippen molar-refractivity contribution in [2.45, 2.75) is 46.4 Å². The summed E-state index contributed by atoms with van der Waals surface area (Å²) in [5.41, 5.74) is 1.44. The van der Waals surface area contributed by atoms with Gasteiger partial charge in [0.15, 0.2) is 0 Å². The van der Waals surface area contributed by atoms with E-state index in [0.29, 0.717) is 16.8 Å². The van der Waals surface area contributed by atoms with Crippen LogP contribution in [0.4, 0.5) is 0 Å². The van der Waals surface area contributed by atoms with Crippen LogP contribution in [0.1, 0.15) is 37.1 Å². The molecule has 0 aliphatic rings. The van der Waals surface area contributed by atoms with Crippen molar-refractivity contribution in [3.63, 3.8) is 0 Å². The van der Waals surface area contributed by atoms with E-state index in [2.05, 4.69) is 10.3 Å². The Morgan fingerprint density at radius 2 is 2.15 bits per heavy atom. The van der Waals surface area contributed by atoms with E-state index in [1.807, 2.05) is 13.8 Å². The molecule has 0 saturated heterocycles. The minimum Gasteiger partial charge on any atom is -0.506 e. The van der Waals surface area contributed by atoms with Gasteiger partial charge in [-0.1, -0.05) is 20.3 Å². The Morgan fingerprint density at radius 3 is 2.65 bits per heavy atom. The average Bonchev–Trinajstić information content (AvgIpc) is 2.42. The van der Waals surface area contributed by atoms with Crippen LogP contribution in [0.15, 0.2) is 6.20 Å². The molecule has 1 aromatic rings. The smallest absolute Gasteiger partial charge is 0.320 e. The van der Waals surface area contributed by atoms with Crippen molar-refractivity contribution in [2.75, 3.05) is 0 Å². The van der Waals surface area contributed by atoms with Crippen LogP contribution in [0.2, 0.25) is 0 Å². The van der Waals surface area contributed by atoms with Crippen molar-refractivity contribution >= 4 is 5.97 Å². The second kappa shape index (κ2) is 7.21. The van der Waals surface area contributed by atoms with Crippen LogP contribution in [0.5, 0.6) is 5.75 Å². The minimum absolute atomic E-state index is 0.00246. The van der Waals surface area contributed by atoms with Crippen LogP contribution in [-0.2, 0) is 17.9 Å². The Hall–Kier alpha value is -1.66. The molecule has 2 atom stereocenters. The molecule has 1 rings (SSSR count). The molecule has 0 spiro atoms. The third kappa shape index (κ3) is 3.68. The maximum Gasteiger partial charge on any atom is 0.320 e. The van der Waals surface area contributed by atoms with Gasteiger partial charge >= 0.3 is 5.97 Å². The zero-order chi connectivity index (χ0) is 15.3. The lowest BCUT2D eigenvalue weighted by Gasteiger charge is -2.21. The van der Waals surface area contributed by atoms with Crippen molar-refractivity contribution in [3.05, 3.63) is 23.0 Å². The summed E-state index contributed by atoms with van der Waals surface area (Å²) >= 11 is 0. The van der Waals surface area contributed by atoms with E-state index in [1.165, 1.54) is 6.20 Å². The Morgan fingerprint density at radius 1 is 1.50 bits per heavy atom. The molecular weight excluding hydrogens is 260 g/mol. The van der Waals surface area contributed by atoms with Gasteiger partial charge in [0.2, 0.25) is 0 Å². The Balaban J connectivity index is 2.93. The predicted molar refractivity (Wildman–Crippen MR) is 74.3 cm³/mol.